The maximum Gasteiger partial charge on any atom is 0.317 e. The minimum absolute atomic E-state index is 0.0596. The zero-order chi connectivity index (χ0) is 15.3. The number of rotatable bonds is 4. The molecule has 0 spiro atoms. The quantitative estimate of drug-likeness (QED) is 0.790. The summed E-state index contributed by atoms with van der Waals surface area (Å²) in [5, 5.41) is 8.88. The van der Waals surface area contributed by atoms with Gasteiger partial charge in [-0.2, -0.15) is 0 Å². The van der Waals surface area contributed by atoms with E-state index in [0.29, 0.717) is 19.6 Å². The highest BCUT2D eigenvalue weighted by atomic mass is 16.4. The monoisotopic (exact) mass is 297 g/mol. The number of nitrogens with zero attached hydrogens (tertiary/aromatic N) is 2. The molecule has 1 aliphatic carbocycles. The highest BCUT2D eigenvalue weighted by molar-refractivity contribution is 5.83. The Morgan fingerprint density at radius 3 is 2.33 bits per heavy atom. The summed E-state index contributed by atoms with van der Waals surface area (Å²) < 4.78 is 0. The number of hydrogen-bond donors (Lipinski definition) is 2. The smallest absolute Gasteiger partial charge is 0.317 e. The summed E-state index contributed by atoms with van der Waals surface area (Å²) in [4.78, 5) is 27.5. The Hall–Kier alpha value is -1.14. The number of aliphatic carboxylic acids is 1. The number of carbonyl (C=O) groups excluding carboxylic acids is 1. The first-order chi connectivity index (χ1) is 10.1. The number of carbonyl (C=O) groups is 2. The molecule has 1 saturated heterocycles. The largest absolute Gasteiger partial charge is 0.480 e. The normalized spacial score (nSPS) is 23.6. The summed E-state index contributed by atoms with van der Waals surface area (Å²) in [6, 6.07) is 0. The van der Waals surface area contributed by atoms with E-state index in [-0.39, 0.29) is 17.9 Å². The predicted molar refractivity (Wildman–Crippen MR) is 79.8 cm³/mol. The Bertz CT molecular complexity index is 380. The van der Waals surface area contributed by atoms with Crippen molar-refractivity contribution in [1.29, 1.82) is 0 Å². The maximum atomic E-state index is 12.9. The molecule has 6 heteroatoms. The third kappa shape index (κ3) is 3.95. The van der Waals surface area contributed by atoms with Crippen molar-refractivity contribution in [2.24, 2.45) is 11.1 Å². The van der Waals surface area contributed by atoms with Crippen LogP contribution in [-0.4, -0.2) is 66.1 Å². The first-order valence-corrected chi connectivity index (χ1v) is 8.01. The van der Waals surface area contributed by atoms with Crippen LogP contribution in [0.25, 0.3) is 0 Å². The fraction of sp³-hybridized carbons (Fsp3) is 0.867. The van der Waals surface area contributed by atoms with Crippen molar-refractivity contribution in [1.82, 2.24) is 9.80 Å². The Balaban J connectivity index is 1.97. The number of hydrogen-bond acceptors (Lipinski definition) is 4. The van der Waals surface area contributed by atoms with Gasteiger partial charge in [-0.25, -0.2) is 0 Å². The number of nitrogens with two attached hydrogens (primary N) is 1. The molecule has 120 valence electrons. The molecule has 1 aliphatic heterocycles. The van der Waals surface area contributed by atoms with Crippen molar-refractivity contribution >= 4 is 11.9 Å². The maximum absolute atomic E-state index is 12.9. The van der Waals surface area contributed by atoms with Crippen molar-refractivity contribution in [2.75, 3.05) is 39.3 Å². The summed E-state index contributed by atoms with van der Waals surface area (Å²) in [7, 11) is 0. The molecule has 6 nitrogen and oxygen atoms in total. The Morgan fingerprint density at radius 2 is 1.71 bits per heavy atom. The van der Waals surface area contributed by atoms with Gasteiger partial charge in [0.05, 0.1) is 12.0 Å². The zero-order valence-corrected chi connectivity index (χ0v) is 12.7. The molecular formula is C15H27N3O3. The van der Waals surface area contributed by atoms with E-state index in [0.717, 1.165) is 45.2 Å². The molecule has 0 unspecified atom stereocenters. The average Bonchev–Trinajstić information content (AvgIpc) is 2.72. The predicted octanol–water partition coefficient (Wildman–Crippen LogP) is 0.515. The molecule has 1 heterocycles. The molecule has 2 rings (SSSR count). The van der Waals surface area contributed by atoms with Crippen LogP contribution in [0.1, 0.15) is 38.5 Å². The van der Waals surface area contributed by atoms with Gasteiger partial charge in [-0.05, 0) is 19.3 Å². The van der Waals surface area contributed by atoms with E-state index in [1.54, 1.807) is 0 Å². The molecule has 0 atom stereocenters. The van der Waals surface area contributed by atoms with Crippen LogP contribution < -0.4 is 5.73 Å². The fourth-order valence-electron chi connectivity index (χ4n) is 3.59. The summed E-state index contributed by atoms with van der Waals surface area (Å²) in [6.07, 6.45) is 6.00. The number of amides is 1. The first-order valence-electron chi connectivity index (χ1n) is 8.01. The van der Waals surface area contributed by atoms with Crippen LogP contribution in [0.4, 0.5) is 0 Å². The van der Waals surface area contributed by atoms with Gasteiger partial charge in [0.15, 0.2) is 0 Å². The lowest BCUT2D eigenvalue weighted by Gasteiger charge is -2.38. The minimum Gasteiger partial charge on any atom is -0.480 e. The van der Waals surface area contributed by atoms with E-state index in [2.05, 4.69) is 0 Å². The molecule has 0 radical (unpaired) electrons. The summed E-state index contributed by atoms with van der Waals surface area (Å²) >= 11 is 0. The van der Waals surface area contributed by atoms with Gasteiger partial charge in [-0.3, -0.25) is 14.5 Å². The van der Waals surface area contributed by atoms with Gasteiger partial charge >= 0.3 is 5.97 Å². The van der Waals surface area contributed by atoms with Crippen LogP contribution >= 0.6 is 0 Å². The van der Waals surface area contributed by atoms with Crippen LogP contribution in [0, 0.1) is 5.41 Å². The highest BCUT2D eigenvalue weighted by Gasteiger charge is 2.41. The van der Waals surface area contributed by atoms with Crippen molar-refractivity contribution in [3.63, 3.8) is 0 Å². The molecule has 0 bridgehead atoms. The van der Waals surface area contributed by atoms with Crippen molar-refractivity contribution in [3.05, 3.63) is 0 Å². The van der Waals surface area contributed by atoms with E-state index in [1.165, 1.54) is 6.42 Å². The second-order valence-corrected chi connectivity index (χ2v) is 6.36. The third-order valence-corrected chi connectivity index (χ3v) is 4.89. The van der Waals surface area contributed by atoms with Gasteiger partial charge in [0.25, 0.3) is 0 Å². The molecule has 0 aromatic rings. The molecule has 21 heavy (non-hydrogen) atoms. The van der Waals surface area contributed by atoms with Gasteiger partial charge in [0.1, 0.15) is 0 Å². The lowest BCUT2D eigenvalue weighted by molar-refractivity contribution is -0.143. The van der Waals surface area contributed by atoms with E-state index >= 15 is 0 Å². The van der Waals surface area contributed by atoms with E-state index < -0.39 is 5.97 Å². The third-order valence-electron chi connectivity index (χ3n) is 4.89. The zero-order valence-electron chi connectivity index (χ0n) is 12.7. The van der Waals surface area contributed by atoms with Crippen LogP contribution in [0.2, 0.25) is 0 Å². The fourth-order valence-corrected chi connectivity index (χ4v) is 3.59. The van der Waals surface area contributed by atoms with Crippen LogP contribution in [0.3, 0.4) is 0 Å². The highest BCUT2D eigenvalue weighted by Crippen LogP contribution is 2.37. The van der Waals surface area contributed by atoms with E-state index in [9.17, 15) is 9.59 Å². The summed E-state index contributed by atoms with van der Waals surface area (Å²) in [5.41, 5.74) is 5.58. The van der Waals surface area contributed by atoms with Crippen molar-refractivity contribution in [3.8, 4) is 0 Å². The van der Waals surface area contributed by atoms with Gasteiger partial charge < -0.3 is 15.7 Å². The van der Waals surface area contributed by atoms with Gasteiger partial charge in [0.2, 0.25) is 5.91 Å². The molecular weight excluding hydrogens is 270 g/mol. The molecule has 3 N–H and O–H groups in total. The second kappa shape index (κ2) is 7.22. The van der Waals surface area contributed by atoms with Gasteiger partial charge in [0, 0.05) is 32.7 Å². The molecule has 1 amide bonds. The first kappa shape index (κ1) is 16.2. The van der Waals surface area contributed by atoms with Crippen molar-refractivity contribution < 1.29 is 14.7 Å². The Morgan fingerprint density at radius 1 is 1.00 bits per heavy atom. The minimum atomic E-state index is -0.805. The van der Waals surface area contributed by atoms with E-state index in [1.807, 2.05) is 9.80 Å². The van der Waals surface area contributed by atoms with Crippen molar-refractivity contribution in [2.45, 2.75) is 38.5 Å². The summed E-state index contributed by atoms with van der Waals surface area (Å²) in [5.74, 6) is -0.609. The SMILES string of the molecule is NCC1(C(=O)N2CCCN(CC(=O)O)CC2)CCCCC1. The molecule has 2 aliphatic rings. The lowest BCUT2D eigenvalue weighted by Crippen LogP contribution is -2.50. The number of carboxylic acids is 1. The molecule has 0 aromatic heterocycles. The lowest BCUT2D eigenvalue weighted by atomic mass is 9.73. The topological polar surface area (TPSA) is 86.9 Å². The van der Waals surface area contributed by atoms with Crippen LogP contribution in [0.15, 0.2) is 0 Å². The second-order valence-electron chi connectivity index (χ2n) is 6.36. The Labute approximate surface area is 126 Å². The molecule has 2 fully saturated rings. The molecule has 1 saturated carbocycles. The number of carboxylic acid groups (broad SMARTS) is 1. The van der Waals surface area contributed by atoms with Crippen LogP contribution in [0.5, 0.6) is 0 Å². The van der Waals surface area contributed by atoms with Gasteiger partial charge in [-0.1, -0.05) is 19.3 Å². The average molecular weight is 297 g/mol. The van der Waals surface area contributed by atoms with E-state index in [4.69, 9.17) is 10.8 Å². The summed E-state index contributed by atoms with van der Waals surface area (Å²) in [6.45, 7) is 3.21. The standard InChI is InChI=1S/C15H27N3O3/c16-12-15(5-2-1-3-6-15)14(21)18-8-4-7-17(9-10-18)11-13(19)20/h1-12,16H2,(H,19,20). The van der Waals surface area contributed by atoms with Crippen LogP contribution in [-0.2, 0) is 9.59 Å². The Kier molecular flexibility index (Phi) is 5.58. The van der Waals surface area contributed by atoms with Gasteiger partial charge in [-0.15, -0.1) is 0 Å². The molecule has 0 aromatic carbocycles.